The molecule has 2 aliphatic heterocycles. The van der Waals surface area contributed by atoms with E-state index in [2.05, 4.69) is 15.0 Å². The van der Waals surface area contributed by atoms with Gasteiger partial charge in [0.2, 0.25) is 5.91 Å². The molecular weight excluding hydrogens is 294 g/mol. The van der Waals surface area contributed by atoms with Gasteiger partial charge in [-0.05, 0) is 12.1 Å². The molecule has 2 fully saturated rings. The molecule has 2 atom stereocenters. The van der Waals surface area contributed by atoms with Gasteiger partial charge in [-0.1, -0.05) is 0 Å². The molecule has 2 aromatic heterocycles. The standard InChI is InChI=1S/C16H15N5O2/c22-15(11-1-3-17-4-2-11)20-7-12-8-21(16(23)14(12)9-20)13-5-18-10-19-6-13/h1-6,10,12,14H,7-9H2/t12-,14-/m1/s1. The molecule has 0 bridgehead atoms. The molecular formula is C16H15N5O2. The number of pyridine rings is 1. The molecule has 0 N–H and O–H groups in total. The molecule has 0 aromatic carbocycles. The zero-order valence-corrected chi connectivity index (χ0v) is 12.4. The van der Waals surface area contributed by atoms with E-state index in [0.29, 0.717) is 25.2 Å². The number of carbonyl (C=O) groups excluding carboxylic acids is 2. The number of nitrogens with zero attached hydrogens (tertiary/aromatic N) is 5. The Kier molecular flexibility index (Phi) is 3.25. The Hall–Kier alpha value is -2.83. The van der Waals surface area contributed by atoms with E-state index in [4.69, 9.17) is 0 Å². The van der Waals surface area contributed by atoms with Gasteiger partial charge in [-0.3, -0.25) is 14.6 Å². The number of hydrogen-bond donors (Lipinski definition) is 0. The van der Waals surface area contributed by atoms with Crippen LogP contribution in [-0.4, -0.2) is 51.3 Å². The van der Waals surface area contributed by atoms with Crippen LogP contribution >= 0.6 is 0 Å². The van der Waals surface area contributed by atoms with Crippen LogP contribution in [0.4, 0.5) is 5.69 Å². The van der Waals surface area contributed by atoms with Crippen molar-refractivity contribution in [2.45, 2.75) is 0 Å². The lowest BCUT2D eigenvalue weighted by atomic mass is 10.0. The van der Waals surface area contributed by atoms with Crippen LogP contribution in [0.5, 0.6) is 0 Å². The van der Waals surface area contributed by atoms with Gasteiger partial charge in [0.05, 0.1) is 24.0 Å². The summed E-state index contributed by atoms with van der Waals surface area (Å²) in [6.45, 7) is 1.67. The molecule has 7 nitrogen and oxygen atoms in total. The van der Waals surface area contributed by atoms with Crippen LogP contribution in [0.2, 0.25) is 0 Å². The average molecular weight is 309 g/mol. The SMILES string of the molecule is O=C(c1ccncc1)N1C[C@@H]2CN(c3cncnc3)C(=O)[C@@H]2C1. The van der Waals surface area contributed by atoms with Gasteiger partial charge < -0.3 is 9.80 Å². The molecule has 4 heterocycles. The predicted octanol–water partition coefficient (Wildman–Crippen LogP) is 0.607. The molecule has 116 valence electrons. The molecule has 2 aromatic rings. The number of fused-ring (bicyclic) bond motifs is 1. The molecule has 0 aliphatic carbocycles. The van der Waals surface area contributed by atoms with Gasteiger partial charge >= 0.3 is 0 Å². The number of anilines is 1. The van der Waals surface area contributed by atoms with Gasteiger partial charge in [0.25, 0.3) is 5.91 Å². The second-order valence-corrected chi connectivity index (χ2v) is 5.86. The second kappa shape index (κ2) is 5.42. The minimum absolute atomic E-state index is 0.0378. The highest BCUT2D eigenvalue weighted by molar-refractivity contribution is 5.99. The lowest BCUT2D eigenvalue weighted by molar-refractivity contribution is -0.120. The van der Waals surface area contributed by atoms with Crippen molar-refractivity contribution in [1.29, 1.82) is 0 Å². The summed E-state index contributed by atoms with van der Waals surface area (Å²) in [7, 11) is 0. The van der Waals surface area contributed by atoms with Crippen LogP contribution in [-0.2, 0) is 4.79 Å². The van der Waals surface area contributed by atoms with Crippen LogP contribution < -0.4 is 4.90 Å². The molecule has 0 spiro atoms. The van der Waals surface area contributed by atoms with Gasteiger partial charge in [0.15, 0.2) is 0 Å². The lowest BCUT2D eigenvalue weighted by Crippen LogP contribution is -2.35. The third kappa shape index (κ3) is 2.34. The minimum atomic E-state index is -0.138. The van der Waals surface area contributed by atoms with Crippen LogP contribution in [0.3, 0.4) is 0 Å². The van der Waals surface area contributed by atoms with Crippen LogP contribution in [0.1, 0.15) is 10.4 Å². The van der Waals surface area contributed by atoms with Gasteiger partial charge in [-0.2, -0.15) is 0 Å². The van der Waals surface area contributed by atoms with Gasteiger partial charge in [-0.15, -0.1) is 0 Å². The Morgan fingerprint density at radius 3 is 2.48 bits per heavy atom. The number of amides is 2. The molecule has 23 heavy (non-hydrogen) atoms. The third-order valence-electron chi connectivity index (χ3n) is 4.51. The Morgan fingerprint density at radius 1 is 1.04 bits per heavy atom. The molecule has 0 unspecified atom stereocenters. The van der Waals surface area contributed by atoms with Crippen LogP contribution in [0, 0.1) is 11.8 Å². The first-order valence-electron chi connectivity index (χ1n) is 7.50. The van der Waals surface area contributed by atoms with E-state index in [1.165, 1.54) is 6.33 Å². The van der Waals surface area contributed by atoms with Crippen molar-refractivity contribution in [1.82, 2.24) is 19.9 Å². The first-order valence-corrected chi connectivity index (χ1v) is 7.50. The highest BCUT2D eigenvalue weighted by atomic mass is 16.2. The maximum atomic E-state index is 12.6. The number of likely N-dealkylation sites (tertiary alicyclic amines) is 1. The number of hydrogen-bond acceptors (Lipinski definition) is 5. The number of aromatic nitrogens is 3. The Balaban J connectivity index is 1.49. The summed E-state index contributed by atoms with van der Waals surface area (Å²) >= 11 is 0. The van der Waals surface area contributed by atoms with E-state index in [1.54, 1.807) is 46.7 Å². The number of rotatable bonds is 2. The van der Waals surface area contributed by atoms with Crippen molar-refractivity contribution in [3.05, 3.63) is 48.8 Å². The van der Waals surface area contributed by atoms with Crippen molar-refractivity contribution >= 4 is 17.5 Å². The maximum Gasteiger partial charge on any atom is 0.253 e. The molecule has 2 aliphatic rings. The lowest BCUT2D eigenvalue weighted by Gasteiger charge is -2.21. The van der Waals surface area contributed by atoms with Crippen molar-refractivity contribution in [2.24, 2.45) is 11.8 Å². The first kappa shape index (κ1) is 13.8. The summed E-state index contributed by atoms with van der Waals surface area (Å²) in [5.41, 5.74) is 1.33. The fourth-order valence-electron chi connectivity index (χ4n) is 3.37. The Morgan fingerprint density at radius 2 is 1.78 bits per heavy atom. The average Bonchev–Trinajstić information content (AvgIpc) is 3.16. The van der Waals surface area contributed by atoms with E-state index in [1.807, 2.05) is 0 Å². The van der Waals surface area contributed by atoms with Crippen molar-refractivity contribution in [3.8, 4) is 0 Å². The molecule has 4 rings (SSSR count). The fraction of sp³-hybridized carbons (Fsp3) is 0.312. The predicted molar refractivity (Wildman–Crippen MR) is 81.5 cm³/mol. The Labute approximate surface area is 133 Å². The quantitative estimate of drug-likeness (QED) is 0.812. The zero-order chi connectivity index (χ0) is 15.8. The summed E-state index contributed by atoms with van der Waals surface area (Å²) in [5, 5.41) is 0. The summed E-state index contributed by atoms with van der Waals surface area (Å²) < 4.78 is 0. The van der Waals surface area contributed by atoms with E-state index >= 15 is 0 Å². The molecule has 7 heteroatoms. The van der Waals surface area contributed by atoms with E-state index in [-0.39, 0.29) is 23.7 Å². The molecule has 0 saturated carbocycles. The Bertz CT molecular complexity index is 737. The van der Waals surface area contributed by atoms with E-state index < -0.39 is 0 Å². The second-order valence-electron chi connectivity index (χ2n) is 5.86. The fourth-order valence-corrected chi connectivity index (χ4v) is 3.37. The van der Waals surface area contributed by atoms with Crippen LogP contribution in [0.25, 0.3) is 0 Å². The van der Waals surface area contributed by atoms with E-state index in [9.17, 15) is 9.59 Å². The third-order valence-corrected chi connectivity index (χ3v) is 4.51. The highest BCUT2D eigenvalue weighted by Gasteiger charge is 2.47. The molecule has 0 radical (unpaired) electrons. The minimum Gasteiger partial charge on any atom is -0.337 e. The maximum absolute atomic E-state index is 12.6. The first-order chi connectivity index (χ1) is 11.2. The monoisotopic (exact) mass is 309 g/mol. The zero-order valence-electron chi connectivity index (χ0n) is 12.4. The molecule has 2 saturated heterocycles. The van der Waals surface area contributed by atoms with Gasteiger partial charge in [0.1, 0.15) is 6.33 Å². The summed E-state index contributed by atoms with van der Waals surface area (Å²) in [6, 6.07) is 3.40. The summed E-state index contributed by atoms with van der Waals surface area (Å²) in [6.07, 6.45) is 7.94. The normalized spacial score (nSPS) is 23.2. The van der Waals surface area contributed by atoms with Crippen molar-refractivity contribution in [2.75, 3.05) is 24.5 Å². The smallest absolute Gasteiger partial charge is 0.253 e. The van der Waals surface area contributed by atoms with Gasteiger partial charge in [-0.25, -0.2) is 9.97 Å². The summed E-state index contributed by atoms with van der Waals surface area (Å²) in [5.74, 6) is 0.0357. The summed E-state index contributed by atoms with van der Waals surface area (Å²) in [4.78, 5) is 40.4. The van der Waals surface area contributed by atoms with Gasteiger partial charge in [0, 0.05) is 43.5 Å². The molecule has 2 amide bonds. The number of carbonyl (C=O) groups is 2. The van der Waals surface area contributed by atoms with Crippen LogP contribution in [0.15, 0.2) is 43.2 Å². The van der Waals surface area contributed by atoms with Crippen molar-refractivity contribution in [3.63, 3.8) is 0 Å². The largest absolute Gasteiger partial charge is 0.337 e. The highest BCUT2D eigenvalue weighted by Crippen LogP contribution is 2.35. The topological polar surface area (TPSA) is 79.3 Å². The van der Waals surface area contributed by atoms with Crippen molar-refractivity contribution < 1.29 is 9.59 Å². The van der Waals surface area contributed by atoms with E-state index in [0.717, 1.165) is 5.69 Å².